The predicted octanol–water partition coefficient (Wildman–Crippen LogP) is 2.02. The second-order valence-electron chi connectivity index (χ2n) is 1.36. The first-order chi connectivity index (χ1) is 4.19. The molecular formula is C3HF6O. The van der Waals surface area contributed by atoms with Crippen LogP contribution in [0.2, 0.25) is 0 Å². The Morgan fingerprint density at radius 3 is 1.30 bits per heavy atom. The third kappa shape index (κ3) is 1.53. The summed E-state index contributed by atoms with van der Waals surface area (Å²) in [6, 6.07) is 0. The van der Waals surface area contributed by atoms with E-state index < -0.39 is 18.5 Å². The number of hydrogen-bond donors (Lipinski definition) is 1. The van der Waals surface area contributed by atoms with Crippen molar-refractivity contribution in [3.63, 3.8) is 0 Å². The van der Waals surface area contributed by atoms with Crippen molar-refractivity contribution in [2.75, 3.05) is 0 Å². The molecule has 0 saturated heterocycles. The molecule has 0 atom stereocenters. The van der Waals surface area contributed by atoms with Crippen LogP contribution in [0.25, 0.3) is 0 Å². The Morgan fingerprint density at radius 1 is 1.00 bits per heavy atom. The molecule has 0 aliphatic heterocycles. The Hall–Kier alpha value is -0.460. The van der Waals surface area contributed by atoms with Crippen LogP contribution >= 0.6 is 0 Å². The second kappa shape index (κ2) is 2.30. The van der Waals surface area contributed by atoms with Crippen LogP contribution in [0.1, 0.15) is 0 Å². The minimum absolute atomic E-state index is 3.44. The fourth-order valence-electron chi connectivity index (χ4n) is 0.117. The maximum absolute atomic E-state index is 11.3. The zero-order valence-corrected chi connectivity index (χ0v) is 4.22. The maximum Gasteiger partial charge on any atom is 0.459 e. The van der Waals surface area contributed by atoms with E-state index >= 15 is 0 Å². The fraction of sp³-hybridized carbons (Fsp3) is 0.667. The van der Waals surface area contributed by atoms with E-state index in [0.29, 0.717) is 0 Å². The molecule has 0 aromatic rings. The highest BCUT2D eigenvalue weighted by atomic mass is 19.4. The van der Waals surface area contributed by atoms with Crippen LogP contribution in [0.15, 0.2) is 0 Å². The largest absolute Gasteiger partial charge is 0.459 e. The van der Waals surface area contributed by atoms with Gasteiger partial charge in [0.1, 0.15) is 0 Å². The van der Waals surface area contributed by atoms with Crippen LogP contribution in [-0.4, -0.2) is 17.2 Å². The summed E-state index contributed by atoms with van der Waals surface area (Å²) in [5.74, 6) is -5.76. The van der Waals surface area contributed by atoms with Crippen molar-refractivity contribution in [1.29, 1.82) is 0 Å². The van der Waals surface area contributed by atoms with Crippen molar-refractivity contribution in [3.05, 3.63) is 6.36 Å². The van der Waals surface area contributed by atoms with Crippen LogP contribution in [-0.2, 0) is 0 Å². The third-order valence-electron chi connectivity index (χ3n) is 0.615. The highest BCUT2D eigenvalue weighted by molar-refractivity contribution is 4.89. The van der Waals surface area contributed by atoms with E-state index in [1.54, 1.807) is 0 Å². The number of alkyl halides is 5. The van der Waals surface area contributed by atoms with Crippen LogP contribution in [0.5, 0.6) is 0 Å². The lowest BCUT2D eigenvalue weighted by Crippen LogP contribution is -2.40. The van der Waals surface area contributed by atoms with Crippen LogP contribution in [0, 0.1) is 6.36 Å². The fourth-order valence-corrected chi connectivity index (χ4v) is 0.117. The van der Waals surface area contributed by atoms with E-state index in [4.69, 9.17) is 5.11 Å². The molecule has 0 spiro atoms. The van der Waals surface area contributed by atoms with Crippen molar-refractivity contribution in [1.82, 2.24) is 0 Å². The van der Waals surface area contributed by atoms with E-state index in [-0.39, 0.29) is 0 Å². The summed E-state index contributed by atoms with van der Waals surface area (Å²) in [7, 11) is 0. The monoisotopic (exact) mass is 167 g/mol. The molecule has 0 aromatic heterocycles. The average Bonchev–Trinajstić information content (AvgIpc) is 1.62. The van der Waals surface area contributed by atoms with E-state index in [2.05, 4.69) is 0 Å². The second-order valence-corrected chi connectivity index (χ2v) is 1.36. The van der Waals surface area contributed by atoms with E-state index in [9.17, 15) is 26.3 Å². The lowest BCUT2D eigenvalue weighted by atomic mass is 10.3. The number of aliphatic hydroxyl groups is 1. The summed E-state index contributed by atoms with van der Waals surface area (Å²) in [6.07, 6.45) is -9.52. The summed E-state index contributed by atoms with van der Waals surface area (Å²) in [6.45, 7) is 0. The topological polar surface area (TPSA) is 20.2 Å². The van der Waals surface area contributed by atoms with Gasteiger partial charge in [0, 0.05) is 0 Å². The Labute approximate surface area is 51.3 Å². The van der Waals surface area contributed by atoms with Gasteiger partial charge in [-0.2, -0.15) is 26.3 Å². The Kier molecular flexibility index (Phi) is 2.19. The molecular weight excluding hydrogens is 166 g/mol. The molecule has 0 unspecified atom stereocenters. The molecule has 0 fully saturated rings. The molecule has 0 bridgehead atoms. The highest BCUT2D eigenvalue weighted by Gasteiger charge is 2.64. The van der Waals surface area contributed by atoms with Gasteiger partial charge in [-0.05, 0) is 0 Å². The van der Waals surface area contributed by atoms with Gasteiger partial charge in [-0.3, -0.25) is 0 Å². The molecule has 1 radical (unpaired) electrons. The van der Waals surface area contributed by atoms with Crippen molar-refractivity contribution >= 4 is 0 Å². The summed E-state index contributed by atoms with van der Waals surface area (Å²) in [5.41, 5.74) is 0. The molecule has 0 rings (SSSR count). The lowest BCUT2D eigenvalue weighted by Gasteiger charge is -2.17. The smallest absolute Gasteiger partial charge is 0.352 e. The third-order valence-corrected chi connectivity index (χ3v) is 0.615. The standard InChI is InChI=1S/C3HF6O/c4-1(10)2(5,6)3(7,8)9/h10H. The van der Waals surface area contributed by atoms with Crippen molar-refractivity contribution in [3.8, 4) is 0 Å². The normalized spacial score (nSPS) is 14.4. The minimum Gasteiger partial charge on any atom is -0.352 e. The van der Waals surface area contributed by atoms with Crippen LogP contribution in [0.4, 0.5) is 26.3 Å². The minimum atomic E-state index is -6.08. The molecule has 0 aliphatic rings. The Bertz CT molecular complexity index is 115. The first-order valence-corrected chi connectivity index (χ1v) is 1.86. The maximum atomic E-state index is 11.3. The highest BCUT2D eigenvalue weighted by Crippen LogP contribution is 2.41. The molecule has 0 amide bonds. The molecule has 0 aromatic carbocycles. The van der Waals surface area contributed by atoms with Crippen molar-refractivity contribution in [2.24, 2.45) is 0 Å². The van der Waals surface area contributed by atoms with Crippen LogP contribution < -0.4 is 0 Å². The molecule has 0 aliphatic carbocycles. The van der Waals surface area contributed by atoms with Crippen LogP contribution in [0.3, 0.4) is 0 Å². The van der Waals surface area contributed by atoms with E-state index in [0.717, 1.165) is 0 Å². The summed E-state index contributed by atoms with van der Waals surface area (Å²) >= 11 is 0. The summed E-state index contributed by atoms with van der Waals surface area (Å²) < 4.78 is 66.2. The zero-order chi connectivity index (χ0) is 8.58. The molecule has 0 heterocycles. The van der Waals surface area contributed by atoms with Gasteiger partial charge in [0.25, 0.3) is 0 Å². The lowest BCUT2D eigenvalue weighted by molar-refractivity contribution is -0.301. The first kappa shape index (κ1) is 9.54. The van der Waals surface area contributed by atoms with Crippen molar-refractivity contribution in [2.45, 2.75) is 12.1 Å². The Morgan fingerprint density at radius 2 is 1.30 bits per heavy atom. The zero-order valence-electron chi connectivity index (χ0n) is 4.22. The van der Waals surface area contributed by atoms with Gasteiger partial charge >= 0.3 is 18.5 Å². The quantitative estimate of drug-likeness (QED) is 0.592. The SMILES string of the molecule is O[C](F)C(F)(F)C(F)(F)F. The van der Waals surface area contributed by atoms with E-state index in [1.807, 2.05) is 0 Å². The van der Waals surface area contributed by atoms with Gasteiger partial charge in [-0.25, -0.2) is 0 Å². The van der Waals surface area contributed by atoms with Gasteiger partial charge in [0.05, 0.1) is 0 Å². The molecule has 0 saturated carbocycles. The summed E-state index contributed by atoms with van der Waals surface area (Å²) in [4.78, 5) is 0. The van der Waals surface area contributed by atoms with Gasteiger partial charge < -0.3 is 5.11 Å². The molecule has 61 valence electrons. The molecule has 1 nitrogen and oxygen atoms in total. The molecule has 1 N–H and O–H groups in total. The molecule has 7 heteroatoms. The van der Waals surface area contributed by atoms with Gasteiger partial charge in [-0.1, -0.05) is 0 Å². The number of aliphatic hydroxyl groups excluding tert-OH is 1. The Balaban J connectivity index is 4.40. The number of rotatable bonds is 1. The van der Waals surface area contributed by atoms with Gasteiger partial charge in [0.2, 0.25) is 0 Å². The van der Waals surface area contributed by atoms with Gasteiger partial charge in [-0.15, -0.1) is 0 Å². The van der Waals surface area contributed by atoms with Gasteiger partial charge in [0.15, 0.2) is 0 Å². The number of halogens is 6. The predicted molar refractivity (Wildman–Crippen MR) is 17.3 cm³/mol. The summed E-state index contributed by atoms with van der Waals surface area (Å²) in [5, 5.41) is 7.20. The number of hydrogen-bond acceptors (Lipinski definition) is 1. The average molecular weight is 167 g/mol. The van der Waals surface area contributed by atoms with E-state index in [1.165, 1.54) is 0 Å². The van der Waals surface area contributed by atoms with Crippen molar-refractivity contribution < 1.29 is 31.4 Å². The first-order valence-electron chi connectivity index (χ1n) is 1.86. The molecule has 10 heavy (non-hydrogen) atoms.